The summed E-state index contributed by atoms with van der Waals surface area (Å²) in [6.07, 6.45) is 4.52. The highest BCUT2D eigenvalue weighted by atomic mass is 32.2. The Bertz CT molecular complexity index is 449. The van der Waals surface area contributed by atoms with Crippen molar-refractivity contribution in [1.29, 1.82) is 0 Å². The topological polar surface area (TPSA) is 40.6 Å². The molecular weight excluding hydrogens is 272 g/mol. The molecule has 0 spiro atoms. The van der Waals surface area contributed by atoms with E-state index in [0.29, 0.717) is 29.5 Å². The van der Waals surface area contributed by atoms with Crippen LogP contribution in [-0.2, 0) is 9.84 Å². The lowest BCUT2D eigenvalue weighted by atomic mass is 9.94. The summed E-state index contributed by atoms with van der Waals surface area (Å²) in [6, 6.07) is 1.47. The largest absolute Gasteiger partial charge is 0.298 e. The SMILES string of the molecule is CC(C)C1CN2CCCC2CN1C1CCCS(=O)(=O)C1. The van der Waals surface area contributed by atoms with Gasteiger partial charge in [0, 0.05) is 31.2 Å². The minimum Gasteiger partial charge on any atom is -0.298 e. The molecule has 3 aliphatic rings. The number of hydrogen-bond acceptors (Lipinski definition) is 4. The molecule has 3 saturated heterocycles. The Hall–Kier alpha value is -0.130. The molecule has 0 aliphatic carbocycles. The van der Waals surface area contributed by atoms with E-state index in [1.165, 1.54) is 19.4 Å². The summed E-state index contributed by atoms with van der Waals surface area (Å²) in [5.74, 6) is 1.39. The Kier molecular flexibility index (Phi) is 4.13. The average molecular weight is 300 g/mol. The Morgan fingerprint density at radius 2 is 1.80 bits per heavy atom. The van der Waals surface area contributed by atoms with Crippen LogP contribution in [0.25, 0.3) is 0 Å². The maximum Gasteiger partial charge on any atom is 0.151 e. The number of hydrogen-bond donors (Lipinski definition) is 0. The highest BCUT2D eigenvalue weighted by Gasteiger charge is 2.41. The molecule has 0 aromatic heterocycles. The number of sulfone groups is 1. The van der Waals surface area contributed by atoms with Crippen LogP contribution < -0.4 is 0 Å². The number of nitrogens with zero attached hydrogens (tertiary/aromatic N) is 2. The predicted molar refractivity (Wildman–Crippen MR) is 81.6 cm³/mol. The minimum absolute atomic E-state index is 0.267. The first-order valence-electron chi connectivity index (χ1n) is 8.16. The third-order valence-electron chi connectivity index (χ3n) is 5.45. The van der Waals surface area contributed by atoms with Crippen LogP contribution in [-0.4, -0.2) is 67.5 Å². The van der Waals surface area contributed by atoms with Crippen molar-refractivity contribution in [3.63, 3.8) is 0 Å². The van der Waals surface area contributed by atoms with E-state index in [1.807, 2.05) is 0 Å². The fraction of sp³-hybridized carbons (Fsp3) is 1.00. The second kappa shape index (κ2) is 5.58. The summed E-state index contributed by atoms with van der Waals surface area (Å²) >= 11 is 0. The van der Waals surface area contributed by atoms with Crippen LogP contribution in [0, 0.1) is 5.92 Å². The summed E-state index contributed by atoms with van der Waals surface area (Å²) in [5.41, 5.74) is 0. The van der Waals surface area contributed by atoms with Gasteiger partial charge >= 0.3 is 0 Å². The van der Waals surface area contributed by atoms with E-state index in [1.54, 1.807) is 0 Å². The molecule has 3 unspecified atom stereocenters. The molecule has 3 atom stereocenters. The lowest BCUT2D eigenvalue weighted by Gasteiger charge is -2.49. The van der Waals surface area contributed by atoms with E-state index >= 15 is 0 Å². The average Bonchev–Trinajstić information content (AvgIpc) is 2.83. The molecule has 0 saturated carbocycles. The molecule has 3 aliphatic heterocycles. The molecule has 20 heavy (non-hydrogen) atoms. The molecule has 3 heterocycles. The fourth-order valence-electron chi connectivity index (χ4n) is 4.34. The molecule has 0 bridgehead atoms. The highest BCUT2D eigenvalue weighted by Crippen LogP contribution is 2.31. The molecule has 0 radical (unpaired) electrons. The lowest BCUT2D eigenvalue weighted by Crippen LogP contribution is -2.62. The number of piperazine rings is 1. The van der Waals surface area contributed by atoms with Gasteiger partial charge in [0.2, 0.25) is 0 Å². The molecule has 3 rings (SSSR count). The van der Waals surface area contributed by atoms with Crippen molar-refractivity contribution in [2.45, 2.75) is 57.7 Å². The molecule has 116 valence electrons. The Labute approximate surface area is 123 Å². The monoisotopic (exact) mass is 300 g/mol. The highest BCUT2D eigenvalue weighted by molar-refractivity contribution is 7.91. The van der Waals surface area contributed by atoms with E-state index in [-0.39, 0.29) is 6.04 Å². The molecule has 5 heteroatoms. The number of rotatable bonds is 2. The van der Waals surface area contributed by atoms with Crippen molar-refractivity contribution < 1.29 is 8.42 Å². The van der Waals surface area contributed by atoms with Gasteiger partial charge in [0.1, 0.15) is 0 Å². The second-order valence-electron chi connectivity index (χ2n) is 7.21. The van der Waals surface area contributed by atoms with Crippen LogP contribution in [0.15, 0.2) is 0 Å². The van der Waals surface area contributed by atoms with E-state index in [9.17, 15) is 8.42 Å². The number of fused-ring (bicyclic) bond motifs is 1. The van der Waals surface area contributed by atoms with Crippen molar-refractivity contribution in [3.05, 3.63) is 0 Å². The summed E-state index contributed by atoms with van der Waals surface area (Å²) in [4.78, 5) is 5.20. The van der Waals surface area contributed by atoms with Crippen molar-refractivity contribution in [1.82, 2.24) is 9.80 Å². The third kappa shape index (κ3) is 2.90. The fourth-order valence-corrected chi connectivity index (χ4v) is 6.06. The Morgan fingerprint density at radius 1 is 1.05 bits per heavy atom. The van der Waals surface area contributed by atoms with Crippen LogP contribution in [0.4, 0.5) is 0 Å². The van der Waals surface area contributed by atoms with Crippen LogP contribution in [0.2, 0.25) is 0 Å². The molecule has 0 N–H and O–H groups in total. The van der Waals surface area contributed by atoms with Gasteiger partial charge in [-0.1, -0.05) is 13.8 Å². The quantitative estimate of drug-likeness (QED) is 0.772. The zero-order valence-corrected chi connectivity index (χ0v) is 13.6. The van der Waals surface area contributed by atoms with Crippen molar-refractivity contribution in [2.24, 2.45) is 5.92 Å². The van der Waals surface area contributed by atoms with E-state index < -0.39 is 9.84 Å². The minimum atomic E-state index is -2.81. The maximum absolute atomic E-state index is 12.0. The van der Waals surface area contributed by atoms with Gasteiger partial charge in [-0.25, -0.2) is 8.42 Å². The Balaban J connectivity index is 1.78. The van der Waals surface area contributed by atoms with Gasteiger partial charge in [-0.3, -0.25) is 9.80 Å². The van der Waals surface area contributed by atoms with E-state index in [0.717, 1.165) is 25.9 Å². The van der Waals surface area contributed by atoms with Crippen molar-refractivity contribution in [3.8, 4) is 0 Å². The zero-order valence-electron chi connectivity index (χ0n) is 12.8. The van der Waals surface area contributed by atoms with Crippen LogP contribution in [0.1, 0.15) is 39.5 Å². The van der Waals surface area contributed by atoms with Crippen molar-refractivity contribution in [2.75, 3.05) is 31.1 Å². The first-order chi connectivity index (χ1) is 9.46. The zero-order chi connectivity index (χ0) is 14.3. The van der Waals surface area contributed by atoms with E-state index in [2.05, 4.69) is 23.6 Å². The first-order valence-corrected chi connectivity index (χ1v) is 9.98. The molecule has 3 fully saturated rings. The molecule has 0 aromatic carbocycles. The summed E-state index contributed by atoms with van der Waals surface area (Å²) in [5, 5.41) is 0. The summed E-state index contributed by atoms with van der Waals surface area (Å²) in [7, 11) is -2.81. The van der Waals surface area contributed by atoms with Gasteiger partial charge in [-0.2, -0.15) is 0 Å². The van der Waals surface area contributed by atoms with Gasteiger partial charge in [-0.05, 0) is 38.1 Å². The molecular formula is C15H28N2O2S. The van der Waals surface area contributed by atoms with Crippen molar-refractivity contribution >= 4 is 9.84 Å². The van der Waals surface area contributed by atoms with Crippen LogP contribution in [0.3, 0.4) is 0 Å². The lowest BCUT2D eigenvalue weighted by molar-refractivity contribution is 0.00254. The molecule has 0 amide bonds. The van der Waals surface area contributed by atoms with Gasteiger partial charge in [0.15, 0.2) is 9.84 Å². The van der Waals surface area contributed by atoms with Gasteiger partial charge in [0.25, 0.3) is 0 Å². The molecule has 4 nitrogen and oxygen atoms in total. The van der Waals surface area contributed by atoms with E-state index in [4.69, 9.17) is 0 Å². The predicted octanol–water partition coefficient (Wildman–Crippen LogP) is 1.37. The van der Waals surface area contributed by atoms with Gasteiger partial charge in [-0.15, -0.1) is 0 Å². The standard InChI is InChI=1S/C15H28N2O2S/c1-12(2)15-10-16-7-3-5-13(16)9-17(15)14-6-4-8-20(18,19)11-14/h12-15H,3-11H2,1-2H3. The maximum atomic E-state index is 12.0. The Morgan fingerprint density at radius 3 is 2.50 bits per heavy atom. The summed E-state index contributed by atoms with van der Waals surface area (Å²) in [6.45, 7) is 8.03. The normalized spacial score (nSPS) is 39.0. The van der Waals surface area contributed by atoms with Gasteiger partial charge in [0.05, 0.1) is 11.5 Å². The van der Waals surface area contributed by atoms with Gasteiger partial charge < -0.3 is 0 Å². The molecule has 0 aromatic rings. The van der Waals surface area contributed by atoms with Crippen LogP contribution >= 0.6 is 0 Å². The first kappa shape index (κ1) is 14.8. The summed E-state index contributed by atoms with van der Waals surface area (Å²) < 4.78 is 23.9. The third-order valence-corrected chi connectivity index (χ3v) is 7.25. The van der Waals surface area contributed by atoms with Crippen LogP contribution in [0.5, 0.6) is 0 Å². The smallest absolute Gasteiger partial charge is 0.151 e. The second-order valence-corrected chi connectivity index (χ2v) is 9.44.